The molecule has 0 saturated heterocycles. The molecule has 6 nitrogen and oxygen atoms in total. The van der Waals surface area contributed by atoms with Crippen molar-refractivity contribution in [3.63, 3.8) is 0 Å². The summed E-state index contributed by atoms with van der Waals surface area (Å²) in [6.07, 6.45) is 0.266. The fourth-order valence-electron chi connectivity index (χ4n) is 1.94. The molecule has 1 aliphatic rings. The van der Waals surface area contributed by atoms with E-state index in [2.05, 4.69) is 4.74 Å². The van der Waals surface area contributed by atoms with Gasteiger partial charge in [-0.05, 0) is 19.1 Å². The zero-order valence-corrected chi connectivity index (χ0v) is 11.1. The van der Waals surface area contributed by atoms with Crippen molar-refractivity contribution < 1.29 is 23.9 Å². The Morgan fingerprint density at radius 1 is 1.30 bits per heavy atom. The molecule has 0 saturated carbocycles. The van der Waals surface area contributed by atoms with E-state index in [1.54, 1.807) is 31.2 Å². The van der Waals surface area contributed by atoms with Gasteiger partial charge in [0, 0.05) is 5.56 Å². The number of ether oxygens (including phenoxy) is 2. The number of para-hydroxylation sites is 1. The van der Waals surface area contributed by atoms with Gasteiger partial charge in [0.15, 0.2) is 0 Å². The molecule has 0 fully saturated rings. The minimum absolute atomic E-state index is 0.0727. The Morgan fingerprint density at radius 3 is 2.65 bits per heavy atom. The van der Waals surface area contributed by atoms with Crippen molar-refractivity contribution in [2.45, 2.75) is 6.92 Å². The Kier molecular flexibility index (Phi) is 3.84. The maximum absolute atomic E-state index is 12.2. The van der Waals surface area contributed by atoms with Crippen LogP contribution in [0, 0.1) is 0 Å². The highest BCUT2D eigenvalue weighted by atomic mass is 16.5. The number of benzene rings is 1. The summed E-state index contributed by atoms with van der Waals surface area (Å²) in [5.74, 6) is -1.10. The summed E-state index contributed by atoms with van der Waals surface area (Å²) >= 11 is 0. The van der Waals surface area contributed by atoms with Crippen molar-refractivity contribution in [2.75, 3.05) is 18.6 Å². The van der Waals surface area contributed by atoms with E-state index in [0.717, 1.165) is 11.0 Å². The van der Waals surface area contributed by atoms with Gasteiger partial charge < -0.3 is 9.47 Å². The molecule has 0 aromatic heterocycles. The van der Waals surface area contributed by atoms with Crippen LogP contribution in [0.4, 0.5) is 10.5 Å². The van der Waals surface area contributed by atoms with E-state index >= 15 is 0 Å². The van der Waals surface area contributed by atoms with Gasteiger partial charge >= 0.3 is 12.1 Å². The normalized spacial score (nSPS) is 15.2. The van der Waals surface area contributed by atoms with Gasteiger partial charge in [-0.3, -0.25) is 4.79 Å². The topological polar surface area (TPSA) is 72.9 Å². The molecule has 0 unspecified atom stereocenters. The van der Waals surface area contributed by atoms with Crippen LogP contribution in [-0.2, 0) is 14.3 Å². The van der Waals surface area contributed by atoms with E-state index in [0.29, 0.717) is 11.3 Å². The Labute approximate surface area is 115 Å². The number of rotatable bonds is 2. The molecule has 1 heterocycles. The van der Waals surface area contributed by atoms with Crippen LogP contribution in [-0.4, -0.2) is 31.6 Å². The lowest BCUT2D eigenvalue weighted by atomic mass is 10.1. The summed E-state index contributed by atoms with van der Waals surface area (Å²) in [7, 11) is 1.20. The Balaban J connectivity index is 2.49. The maximum Gasteiger partial charge on any atom is 0.418 e. The van der Waals surface area contributed by atoms with Gasteiger partial charge in [-0.15, -0.1) is 0 Å². The fraction of sp³-hybridized carbons (Fsp3) is 0.214. The van der Waals surface area contributed by atoms with Crippen molar-refractivity contribution >= 4 is 23.5 Å². The maximum atomic E-state index is 12.2. The quantitative estimate of drug-likeness (QED) is 0.609. The van der Waals surface area contributed by atoms with Gasteiger partial charge in [-0.25, -0.2) is 14.5 Å². The molecular weight excluding hydrogens is 262 g/mol. The number of esters is 1. The number of hydrogen-bond donors (Lipinski definition) is 0. The standard InChI is InChI=1S/C14H13NO5/c1-3-20-12(16)8-11-13(17)9-6-4-5-7-10(9)15(11)14(18)19-2/h4-8H,3H2,1-2H3/b11-8+. The predicted octanol–water partition coefficient (Wildman–Crippen LogP) is 1.90. The first-order valence-corrected chi connectivity index (χ1v) is 6.00. The van der Waals surface area contributed by atoms with Crippen LogP contribution >= 0.6 is 0 Å². The highest BCUT2D eigenvalue weighted by Crippen LogP contribution is 2.34. The van der Waals surface area contributed by atoms with E-state index in [1.165, 1.54) is 7.11 Å². The van der Waals surface area contributed by atoms with Crippen molar-refractivity contribution in [1.29, 1.82) is 0 Å². The van der Waals surface area contributed by atoms with E-state index in [4.69, 9.17) is 4.74 Å². The largest absolute Gasteiger partial charge is 0.463 e. The summed E-state index contributed by atoms with van der Waals surface area (Å²) in [6, 6.07) is 6.56. The van der Waals surface area contributed by atoms with Crippen LogP contribution in [0.15, 0.2) is 36.0 Å². The van der Waals surface area contributed by atoms with Gasteiger partial charge in [0.05, 0.1) is 25.5 Å². The Bertz CT molecular complexity index is 605. The molecule has 2 rings (SSSR count). The smallest absolute Gasteiger partial charge is 0.418 e. The zero-order chi connectivity index (χ0) is 14.7. The van der Waals surface area contributed by atoms with Gasteiger partial charge in [-0.1, -0.05) is 12.1 Å². The van der Waals surface area contributed by atoms with Crippen LogP contribution in [0.25, 0.3) is 0 Å². The molecule has 0 atom stereocenters. The van der Waals surface area contributed by atoms with Gasteiger partial charge in [-0.2, -0.15) is 0 Å². The van der Waals surface area contributed by atoms with Gasteiger partial charge in [0.2, 0.25) is 5.78 Å². The van der Waals surface area contributed by atoms with Gasteiger partial charge in [0.25, 0.3) is 0 Å². The molecule has 1 aromatic carbocycles. The second-order valence-corrected chi connectivity index (χ2v) is 3.93. The molecule has 0 N–H and O–H groups in total. The first kappa shape index (κ1) is 13.8. The molecule has 1 amide bonds. The Hall–Kier alpha value is -2.63. The molecule has 1 aromatic rings. The molecule has 1 aliphatic heterocycles. The number of nitrogens with zero attached hydrogens (tertiary/aromatic N) is 1. The van der Waals surface area contributed by atoms with Crippen molar-refractivity contribution in [1.82, 2.24) is 0 Å². The second-order valence-electron chi connectivity index (χ2n) is 3.93. The molecule has 0 spiro atoms. The number of carbonyl (C=O) groups excluding carboxylic acids is 3. The predicted molar refractivity (Wildman–Crippen MR) is 70.4 cm³/mol. The van der Waals surface area contributed by atoms with Crippen LogP contribution in [0.5, 0.6) is 0 Å². The molecule has 0 radical (unpaired) electrons. The highest BCUT2D eigenvalue weighted by molar-refractivity contribution is 6.25. The zero-order valence-electron chi connectivity index (χ0n) is 11.1. The summed E-state index contributed by atoms with van der Waals surface area (Å²) in [4.78, 5) is 36.7. The minimum Gasteiger partial charge on any atom is -0.463 e. The molecule has 20 heavy (non-hydrogen) atoms. The third kappa shape index (κ3) is 2.27. The number of carbonyl (C=O) groups is 3. The molecule has 0 bridgehead atoms. The summed E-state index contributed by atoms with van der Waals surface area (Å²) in [5.41, 5.74) is 0.657. The molecular formula is C14H13NO5. The summed E-state index contributed by atoms with van der Waals surface area (Å²) in [5, 5.41) is 0. The molecule has 104 valence electrons. The summed E-state index contributed by atoms with van der Waals surface area (Å²) in [6.45, 7) is 1.83. The van der Waals surface area contributed by atoms with E-state index < -0.39 is 17.8 Å². The third-order valence-corrected chi connectivity index (χ3v) is 2.76. The number of ketones is 1. The number of amides is 1. The van der Waals surface area contributed by atoms with Crippen LogP contribution in [0.1, 0.15) is 17.3 Å². The van der Waals surface area contributed by atoms with Crippen molar-refractivity contribution in [2.24, 2.45) is 0 Å². The third-order valence-electron chi connectivity index (χ3n) is 2.76. The minimum atomic E-state index is -0.737. The fourth-order valence-corrected chi connectivity index (χ4v) is 1.94. The summed E-state index contributed by atoms with van der Waals surface area (Å²) < 4.78 is 9.42. The Morgan fingerprint density at radius 2 is 2.00 bits per heavy atom. The van der Waals surface area contributed by atoms with Crippen LogP contribution in [0.2, 0.25) is 0 Å². The van der Waals surface area contributed by atoms with E-state index in [-0.39, 0.29) is 12.3 Å². The highest BCUT2D eigenvalue weighted by Gasteiger charge is 2.37. The SMILES string of the molecule is CCOC(=O)/C=C1\C(=O)c2ccccc2N1C(=O)OC. The average Bonchev–Trinajstić information content (AvgIpc) is 2.72. The number of methoxy groups -OCH3 is 1. The van der Waals surface area contributed by atoms with Crippen LogP contribution in [0.3, 0.4) is 0 Å². The van der Waals surface area contributed by atoms with Crippen molar-refractivity contribution in [3.8, 4) is 0 Å². The number of Topliss-reactive ketones (excluding diaryl/α,β-unsaturated/α-hetero) is 1. The first-order chi connectivity index (χ1) is 9.60. The number of allylic oxidation sites excluding steroid dienone is 1. The molecule has 0 aliphatic carbocycles. The lowest BCUT2D eigenvalue weighted by molar-refractivity contribution is -0.137. The number of fused-ring (bicyclic) bond motifs is 1. The van der Waals surface area contributed by atoms with E-state index in [9.17, 15) is 14.4 Å². The number of anilines is 1. The van der Waals surface area contributed by atoms with Crippen LogP contribution < -0.4 is 4.90 Å². The number of hydrogen-bond acceptors (Lipinski definition) is 5. The monoisotopic (exact) mass is 275 g/mol. The van der Waals surface area contributed by atoms with E-state index in [1.807, 2.05) is 0 Å². The van der Waals surface area contributed by atoms with Crippen molar-refractivity contribution in [3.05, 3.63) is 41.6 Å². The first-order valence-electron chi connectivity index (χ1n) is 6.00. The second kappa shape index (κ2) is 5.56. The lowest BCUT2D eigenvalue weighted by Gasteiger charge is -2.16. The average molecular weight is 275 g/mol. The molecule has 6 heteroatoms. The van der Waals surface area contributed by atoms with Gasteiger partial charge in [0.1, 0.15) is 5.70 Å². The lowest BCUT2D eigenvalue weighted by Crippen LogP contribution is -2.29.